The van der Waals surface area contributed by atoms with E-state index >= 15 is 0 Å². The maximum atomic E-state index is 13.1. The summed E-state index contributed by atoms with van der Waals surface area (Å²) in [6.07, 6.45) is 5.03. The summed E-state index contributed by atoms with van der Waals surface area (Å²) in [5.41, 5.74) is 7.79. The maximum Gasteiger partial charge on any atom is 0.270 e. The van der Waals surface area contributed by atoms with Crippen molar-refractivity contribution in [2.75, 3.05) is 0 Å². The summed E-state index contributed by atoms with van der Waals surface area (Å²) in [6.45, 7) is 0. The molecule has 1 aliphatic rings. The number of aliphatic hydroxyl groups is 1. The van der Waals surface area contributed by atoms with Gasteiger partial charge >= 0.3 is 0 Å². The highest BCUT2D eigenvalue weighted by molar-refractivity contribution is 5.95. The number of pyridine rings is 1. The number of carbonyl (C=O) groups is 2. The minimum Gasteiger partial charge on any atom is -0.391 e. The molecule has 1 aromatic heterocycles. The van der Waals surface area contributed by atoms with Gasteiger partial charge in [0.1, 0.15) is 5.69 Å². The molecule has 6 heteroatoms. The number of rotatable bonds is 9. The number of nitrogens with zero attached hydrogens (tertiary/aromatic N) is 1. The second-order valence-electron chi connectivity index (χ2n) is 9.37. The lowest BCUT2D eigenvalue weighted by atomic mass is 9.76. The summed E-state index contributed by atoms with van der Waals surface area (Å²) < 4.78 is 0. The number of hydrogen-bond acceptors (Lipinski definition) is 4. The van der Waals surface area contributed by atoms with Crippen molar-refractivity contribution in [1.29, 1.82) is 0 Å². The Labute approximate surface area is 200 Å². The quantitative estimate of drug-likeness (QED) is 0.450. The molecule has 1 fully saturated rings. The van der Waals surface area contributed by atoms with Gasteiger partial charge < -0.3 is 16.2 Å². The molecule has 1 saturated carbocycles. The summed E-state index contributed by atoms with van der Waals surface area (Å²) in [4.78, 5) is 29.9. The van der Waals surface area contributed by atoms with Crippen LogP contribution in [0.3, 0.4) is 0 Å². The molecule has 4 N–H and O–H groups in total. The molecule has 0 aliphatic heterocycles. The van der Waals surface area contributed by atoms with Gasteiger partial charge in [0, 0.05) is 11.3 Å². The Bertz CT molecular complexity index is 1110. The highest BCUT2D eigenvalue weighted by Gasteiger charge is 2.33. The zero-order chi connectivity index (χ0) is 23.9. The van der Waals surface area contributed by atoms with Crippen LogP contribution in [0.25, 0.3) is 10.9 Å². The van der Waals surface area contributed by atoms with Crippen LogP contribution in [0.15, 0.2) is 66.7 Å². The van der Waals surface area contributed by atoms with Crippen LogP contribution in [-0.2, 0) is 11.2 Å². The Morgan fingerprint density at radius 2 is 1.68 bits per heavy atom. The lowest BCUT2D eigenvalue weighted by Crippen LogP contribution is -2.47. The molecule has 34 heavy (non-hydrogen) atoms. The molecular formula is C28H33N3O3. The molecule has 1 aliphatic carbocycles. The summed E-state index contributed by atoms with van der Waals surface area (Å²) in [6, 6.07) is 20.3. The number of benzene rings is 2. The molecule has 0 unspecified atom stereocenters. The Balaban J connectivity index is 1.53. The van der Waals surface area contributed by atoms with Crippen molar-refractivity contribution in [2.24, 2.45) is 17.6 Å². The third-order valence-corrected chi connectivity index (χ3v) is 6.99. The lowest BCUT2D eigenvalue weighted by Gasteiger charge is -2.32. The third-order valence-electron chi connectivity index (χ3n) is 6.99. The monoisotopic (exact) mass is 459 g/mol. The van der Waals surface area contributed by atoms with Crippen LogP contribution in [-0.4, -0.2) is 34.1 Å². The predicted molar refractivity (Wildman–Crippen MR) is 133 cm³/mol. The number of nitrogens with two attached hydrogens (primary N) is 1. The normalized spacial score (nSPS) is 17.1. The summed E-state index contributed by atoms with van der Waals surface area (Å²) >= 11 is 0. The first-order valence-corrected chi connectivity index (χ1v) is 12.2. The van der Waals surface area contributed by atoms with Crippen LogP contribution in [0.2, 0.25) is 0 Å². The Hall–Kier alpha value is -3.25. The maximum absolute atomic E-state index is 13.1. The van der Waals surface area contributed by atoms with E-state index in [0.717, 1.165) is 42.1 Å². The van der Waals surface area contributed by atoms with Gasteiger partial charge in [-0.2, -0.15) is 0 Å². The molecule has 0 spiro atoms. The highest BCUT2D eigenvalue weighted by Crippen LogP contribution is 2.33. The van der Waals surface area contributed by atoms with E-state index in [9.17, 15) is 14.7 Å². The zero-order valence-electron chi connectivity index (χ0n) is 19.4. The molecule has 3 atom stereocenters. The first-order valence-electron chi connectivity index (χ1n) is 12.2. The number of nitrogens with one attached hydrogen (secondary N) is 1. The van der Waals surface area contributed by atoms with Gasteiger partial charge in [0.2, 0.25) is 5.91 Å². The van der Waals surface area contributed by atoms with E-state index in [0.29, 0.717) is 12.1 Å². The molecule has 178 valence electrons. The number of aromatic nitrogens is 1. The minimum atomic E-state index is -0.913. The van der Waals surface area contributed by atoms with Crippen LogP contribution < -0.4 is 11.1 Å². The van der Waals surface area contributed by atoms with E-state index in [-0.39, 0.29) is 24.2 Å². The van der Waals surface area contributed by atoms with Gasteiger partial charge in [0.05, 0.1) is 17.7 Å². The van der Waals surface area contributed by atoms with Gasteiger partial charge in [0.25, 0.3) is 5.91 Å². The number of hydrogen-bond donors (Lipinski definition) is 3. The van der Waals surface area contributed by atoms with Crippen molar-refractivity contribution in [1.82, 2.24) is 10.3 Å². The fourth-order valence-corrected chi connectivity index (χ4v) is 5.09. The Morgan fingerprint density at radius 3 is 2.41 bits per heavy atom. The van der Waals surface area contributed by atoms with Crippen LogP contribution in [0.4, 0.5) is 0 Å². The molecule has 0 bridgehead atoms. The van der Waals surface area contributed by atoms with Gasteiger partial charge in [-0.3, -0.25) is 9.59 Å². The molecule has 2 aromatic carbocycles. The number of primary amides is 1. The summed E-state index contributed by atoms with van der Waals surface area (Å²) in [5, 5.41) is 15.2. The molecular weight excluding hydrogens is 426 g/mol. The second-order valence-corrected chi connectivity index (χ2v) is 9.37. The van der Waals surface area contributed by atoms with Gasteiger partial charge in [-0.1, -0.05) is 73.9 Å². The van der Waals surface area contributed by atoms with Gasteiger partial charge in [-0.15, -0.1) is 0 Å². The standard InChI is InChI=1S/C28H33N3O3/c29-27(33)22(20-11-5-2-6-12-20)18-26(32)25(17-19-9-3-1-4-10-19)31-28(34)24-16-15-21-13-7-8-14-23(21)30-24/h1,3-4,7-10,13-16,20,22,25-26,32H,2,5-6,11-12,17-18H2,(H2,29,33)(H,31,34)/t22-,25-,26-/m0/s1. The van der Waals surface area contributed by atoms with Crippen molar-refractivity contribution in [2.45, 2.75) is 57.1 Å². The van der Waals surface area contributed by atoms with Gasteiger partial charge in [0.15, 0.2) is 0 Å². The van der Waals surface area contributed by atoms with E-state index in [4.69, 9.17) is 5.73 Å². The lowest BCUT2D eigenvalue weighted by molar-refractivity contribution is -0.125. The first-order chi connectivity index (χ1) is 16.5. The molecule has 4 rings (SSSR count). The second kappa shape index (κ2) is 11.3. The molecule has 3 aromatic rings. The fourth-order valence-electron chi connectivity index (χ4n) is 5.09. The van der Waals surface area contributed by atoms with Crippen molar-refractivity contribution in [3.05, 3.63) is 78.0 Å². The van der Waals surface area contributed by atoms with E-state index in [1.165, 1.54) is 6.42 Å². The highest BCUT2D eigenvalue weighted by atomic mass is 16.3. The van der Waals surface area contributed by atoms with Crippen molar-refractivity contribution in [3.63, 3.8) is 0 Å². The van der Waals surface area contributed by atoms with E-state index in [2.05, 4.69) is 10.3 Å². The minimum absolute atomic E-state index is 0.191. The predicted octanol–water partition coefficient (Wildman–Crippen LogP) is 4.01. The number of fused-ring (bicyclic) bond motifs is 1. The van der Waals surface area contributed by atoms with Crippen molar-refractivity contribution in [3.8, 4) is 0 Å². The molecule has 1 heterocycles. The number of aliphatic hydroxyl groups excluding tert-OH is 1. The van der Waals surface area contributed by atoms with Crippen LogP contribution in [0.1, 0.15) is 54.6 Å². The smallest absolute Gasteiger partial charge is 0.270 e. The average Bonchev–Trinajstić information content (AvgIpc) is 2.87. The SMILES string of the molecule is NC(=O)[C@@H](C[C@H](O)[C@H](Cc1ccccc1)NC(=O)c1ccc2ccccc2n1)C1CCCCC1. The number of carbonyl (C=O) groups excluding carboxylic acids is 2. The molecule has 0 saturated heterocycles. The number of para-hydroxylation sites is 1. The van der Waals surface area contributed by atoms with E-state index in [1.807, 2.05) is 60.7 Å². The van der Waals surface area contributed by atoms with Gasteiger partial charge in [-0.25, -0.2) is 4.98 Å². The fraction of sp³-hybridized carbons (Fsp3) is 0.393. The summed E-state index contributed by atoms with van der Waals surface area (Å²) in [7, 11) is 0. The van der Waals surface area contributed by atoms with Crippen LogP contribution in [0, 0.1) is 11.8 Å². The molecule has 2 amide bonds. The topological polar surface area (TPSA) is 105 Å². The van der Waals surface area contributed by atoms with Gasteiger partial charge in [-0.05, 0) is 49.3 Å². The van der Waals surface area contributed by atoms with E-state index < -0.39 is 18.1 Å². The third kappa shape index (κ3) is 6.00. The summed E-state index contributed by atoms with van der Waals surface area (Å²) in [5.74, 6) is -0.925. The average molecular weight is 460 g/mol. The Kier molecular flexibility index (Phi) is 7.91. The zero-order valence-corrected chi connectivity index (χ0v) is 19.4. The Morgan fingerprint density at radius 1 is 0.971 bits per heavy atom. The molecule has 0 radical (unpaired) electrons. The van der Waals surface area contributed by atoms with Crippen LogP contribution >= 0.6 is 0 Å². The largest absolute Gasteiger partial charge is 0.391 e. The van der Waals surface area contributed by atoms with Crippen LogP contribution in [0.5, 0.6) is 0 Å². The molecule has 6 nitrogen and oxygen atoms in total. The number of amides is 2. The first kappa shape index (κ1) is 23.9. The van der Waals surface area contributed by atoms with Crippen molar-refractivity contribution < 1.29 is 14.7 Å². The van der Waals surface area contributed by atoms with E-state index in [1.54, 1.807) is 6.07 Å². The van der Waals surface area contributed by atoms with Crippen molar-refractivity contribution >= 4 is 22.7 Å².